The maximum Gasteiger partial charge on any atom is 0.246 e. The minimum absolute atomic E-state index is 0.0948. The van der Waals surface area contributed by atoms with Gasteiger partial charge in [0, 0.05) is 51.0 Å². The Hall–Kier alpha value is -4.27. The molecule has 2 atom stereocenters. The fourth-order valence-corrected chi connectivity index (χ4v) is 5.04. The highest BCUT2D eigenvalue weighted by atomic mass is 16.3. The van der Waals surface area contributed by atoms with Crippen molar-refractivity contribution < 1.29 is 19.5 Å². The second-order valence-electron chi connectivity index (χ2n) is 13.7. The van der Waals surface area contributed by atoms with Gasteiger partial charge in [-0.2, -0.15) is 0 Å². The van der Waals surface area contributed by atoms with Gasteiger partial charge in [0.2, 0.25) is 17.7 Å². The molecule has 8 heteroatoms. The van der Waals surface area contributed by atoms with Crippen LogP contribution < -0.4 is 10.6 Å². The molecular weight excluding hydrogens is 588 g/mol. The Morgan fingerprint density at radius 1 is 0.766 bits per heavy atom. The zero-order chi connectivity index (χ0) is 34.6. The predicted octanol–water partition coefficient (Wildman–Crippen LogP) is 4.87. The van der Waals surface area contributed by atoms with Crippen molar-refractivity contribution in [1.82, 2.24) is 20.4 Å². The normalized spacial score (nSPS) is 13.2. The topological polar surface area (TPSA) is 102 Å². The number of nitrogens with one attached hydrogen (secondary N) is 2. The fraction of sp³-hybridized carbons (Fsp3) is 0.410. The first-order valence-electron chi connectivity index (χ1n) is 16.2. The number of carbonyl (C=O) groups is 3. The van der Waals surface area contributed by atoms with E-state index in [9.17, 15) is 19.5 Å². The summed E-state index contributed by atoms with van der Waals surface area (Å²) in [6.07, 6.45) is 4.54. The summed E-state index contributed by atoms with van der Waals surface area (Å²) >= 11 is 0. The molecule has 0 aliphatic heterocycles. The first-order chi connectivity index (χ1) is 22.3. The molecule has 0 fully saturated rings. The molecule has 3 rings (SSSR count). The monoisotopic (exact) mass is 640 g/mol. The summed E-state index contributed by atoms with van der Waals surface area (Å²) in [6.45, 7) is 7.97. The summed E-state index contributed by atoms with van der Waals surface area (Å²) in [7, 11) is 5.14. The van der Waals surface area contributed by atoms with Crippen LogP contribution in [0.5, 0.6) is 0 Å². The van der Waals surface area contributed by atoms with E-state index < -0.39 is 17.5 Å². The first kappa shape index (κ1) is 37.2. The maximum atomic E-state index is 14.4. The van der Waals surface area contributed by atoms with E-state index in [1.807, 2.05) is 126 Å². The van der Waals surface area contributed by atoms with Gasteiger partial charge < -0.3 is 25.5 Å². The molecule has 3 N–H and O–H groups in total. The van der Waals surface area contributed by atoms with Gasteiger partial charge in [-0.05, 0) is 55.6 Å². The Balaban J connectivity index is 1.94. The molecule has 3 aromatic carbocycles. The van der Waals surface area contributed by atoms with E-state index in [4.69, 9.17) is 0 Å². The smallest absolute Gasteiger partial charge is 0.246 e. The van der Waals surface area contributed by atoms with Crippen LogP contribution in [-0.2, 0) is 27.2 Å². The maximum absolute atomic E-state index is 14.4. The number of hydrogen-bond donors (Lipinski definition) is 3. The third kappa shape index (κ3) is 11.2. The molecule has 252 valence electrons. The molecule has 0 saturated carbocycles. The highest BCUT2D eigenvalue weighted by Crippen LogP contribution is 2.22. The standard InChI is InChI=1S/C39H52N4O4/c1-38(2,28-44)27-41-36(46)33(25-29-15-10-8-11-16-29)43(7)37(47)34(42(6)35(45)19-14-24-39(3,4)40-5)26-30-20-22-32(23-21-30)31-17-12-9-13-18-31/h8-23,33-34,40,44H,24-28H2,1-7H3,(H,41,46)/b19-14+/t33-,34-/m1/s1. The van der Waals surface area contributed by atoms with Crippen molar-refractivity contribution in [3.8, 4) is 11.1 Å². The number of rotatable bonds is 16. The quantitative estimate of drug-likeness (QED) is 0.194. The highest BCUT2D eigenvalue weighted by molar-refractivity contribution is 5.95. The SMILES string of the molecule is CNC(C)(C)C/C=C/C(=O)N(C)[C@H](Cc1ccc(-c2ccccc2)cc1)C(=O)N(C)[C@H](Cc1ccccc1)C(=O)NCC(C)(C)CO. The Kier molecular flexibility index (Phi) is 13.5. The van der Waals surface area contributed by atoms with Crippen molar-refractivity contribution >= 4 is 17.7 Å². The van der Waals surface area contributed by atoms with Gasteiger partial charge in [0.05, 0.1) is 0 Å². The lowest BCUT2D eigenvalue weighted by atomic mass is 9.94. The third-order valence-electron chi connectivity index (χ3n) is 8.71. The van der Waals surface area contributed by atoms with Crippen LogP contribution in [0.15, 0.2) is 97.1 Å². The Morgan fingerprint density at radius 3 is 1.87 bits per heavy atom. The number of benzene rings is 3. The van der Waals surface area contributed by atoms with Crippen LogP contribution in [0.4, 0.5) is 0 Å². The molecule has 0 unspecified atom stereocenters. The molecule has 0 aromatic heterocycles. The van der Waals surface area contributed by atoms with Gasteiger partial charge in [0.25, 0.3) is 0 Å². The van der Waals surface area contributed by atoms with Crippen molar-refractivity contribution in [3.05, 3.63) is 108 Å². The van der Waals surface area contributed by atoms with Gasteiger partial charge in [-0.1, -0.05) is 105 Å². The first-order valence-corrected chi connectivity index (χ1v) is 16.2. The lowest BCUT2D eigenvalue weighted by molar-refractivity contribution is -0.146. The molecule has 3 amide bonds. The summed E-state index contributed by atoms with van der Waals surface area (Å²) in [5, 5.41) is 15.9. The van der Waals surface area contributed by atoms with Gasteiger partial charge in [-0.15, -0.1) is 0 Å². The molecule has 0 spiro atoms. The molecule has 0 bridgehead atoms. The number of likely N-dealkylation sites (N-methyl/N-ethyl adjacent to an activating group) is 2. The summed E-state index contributed by atoms with van der Waals surface area (Å²) < 4.78 is 0. The Bertz CT molecular complexity index is 1470. The van der Waals surface area contributed by atoms with Crippen LogP contribution in [0.2, 0.25) is 0 Å². The van der Waals surface area contributed by atoms with E-state index in [2.05, 4.69) is 10.6 Å². The zero-order valence-corrected chi connectivity index (χ0v) is 29.0. The summed E-state index contributed by atoms with van der Waals surface area (Å²) in [6, 6.07) is 25.9. The van der Waals surface area contributed by atoms with Gasteiger partial charge in [-0.25, -0.2) is 0 Å². The number of nitrogens with zero attached hydrogens (tertiary/aromatic N) is 2. The average Bonchev–Trinajstić information content (AvgIpc) is 3.08. The Labute approximate surface area is 280 Å². The Morgan fingerprint density at radius 2 is 1.30 bits per heavy atom. The van der Waals surface area contributed by atoms with E-state index >= 15 is 0 Å². The summed E-state index contributed by atoms with van der Waals surface area (Å²) in [5.41, 5.74) is 3.23. The van der Waals surface area contributed by atoms with Crippen LogP contribution in [-0.4, -0.2) is 84.5 Å². The second kappa shape index (κ2) is 17.0. The molecule has 0 saturated heterocycles. The van der Waals surface area contributed by atoms with Gasteiger partial charge in [-0.3, -0.25) is 14.4 Å². The van der Waals surface area contributed by atoms with Crippen molar-refractivity contribution in [1.29, 1.82) is 0 Å². The average molecular weight is 641 g/mol. The van der Waals surface area contributed by atoms with Crippen LogP contribution in [0.1, 0.15) is 45.2 Å². The lowest BCUT2D eigenvalue weighted by Crippen LogP contribution is -2.56. The molecule has 3 aromatic rings. The molecule has 0 radical (unpaired) electrons. The van der Waals surface area contributed by atoms with E-state index in [-0.39, 0.29) is 42.8 Å². The minimum atomic E-state index is -0.864. The zero-order valence-electron chi connectivity index (χ0n) is 29.0. The predicted molar refractivity (Wildman–Crippen MR) is 190 cm³/mol. The molecule has 47 heavy (non-hydrogen) atoms. The van der Waals surface area contributed by atoms with Crippen LogP contribution in [0, 0.1) is 5.41 Å². The number of amides is 3. The van der Waals surface area contributed by atoms with Gasteiger partial charge in [0.15, 0.2) is 0 Å². The molecule has 0 aliphatic rings. The summed E-state index contributed by atoms with van der Waals surface area (Å²) in [4.78, 5) is 44.6. The lowest BCUT2D eigenvalue weighted by Gasteiger charge is -2.35. The summed E-state index contributed by atoms with van der Waals surface area (Å²) in [5.74, 6) is -0.951. The van der Waals surface area contributed by atoms with Gasteiger partial charge in [0.1, 0.15) is 12.1 Å². The molecule has 0 aliphatic carbocycles. The third-order valence-corrected chi connectivity index (χ3v) is 8.71. The number of aliphatic hydroxyl groups is 1. The van der Waals surface area contributed by atoms with Gasteiger partial charge >= 0.3 is 0 Å². The minimum Gasteiger partial charge on any atom is -0.396 e. The van der Waals surface area contributed by atoms with E-state index in [1.54, 1.807) is 14.1 Å². The van der Waals surface area contributed by atoms with E-state index in [0.717, 1.165) is 22.3 Å². The highest BCUT2D eigenvalue weighted by Gasteiger charge is 2.35. The van der Waals surface area contributed by atoms with Crippen molar-refractivity contribution in [3.63, 3.8) is 0 Å². The number of carbonyl (C=O) groups excluding carboxylic acids is 3. The van der Waals surface area contributed by atoms with E-state index in [0.29, 0.717) is 12.8 Å². The van der Waals surface area contributed by atoms with Crippen LogP contribution >= 0.6 is 0 Å². The van der Waals surface area contributed by atoms with Crippen molar-refractivity contribution in [2.45, 2.75) is 64.6 Å². The second-order valence-corrected chi connectivity index (χ2v) is 13.7. The van der Waals surface area contributed by atoms with Crippen LogP contribution in [0.3, 0.4) is 0 Å². The van der Waals surface area contributed by atoms with Crippen molar-refractivity contribution in [2.75, 3.05) is 34.3 Å². The molecule has 0 heterocycles. The van der Waals surface area contributed by atoms with Crippen LogP contribution in [0.25, 0.3) is 11.1 Å². The van der Waals surface area contributed by atoms with E-state index in [1.165, 1.54) is 15.9 Å². The van der Waals surface area contributed by atoms with Crippen molar-refractivity contribution in [2.24, 2.45) is 5.41 Å². The fourth-order valence-electron chi connectivity index (χ4n) is 5.04. The molecular formula is C39H52N4O4. The largest absolute Gasteiger partial charge is 0.396 e. The molecule has 8 nitrogen and oxygen atoms in total. The number of hydrogen-bond acceptors (Lipinski definition) is 5. The number of aliphatic hydroxyl groups excluding tert-OH is 1.